The van der Waals surface area contributed by atoms with Crippen molar-refractivity contribution in [2.24, 2.45) is 5.92 Å². The highest BCUT2D eigenvalue weighted by Gasteiger charge is 2.32. The third-order valence-electron chi connectivity index (χ3n) is 2.55. The molecule has 0 saturated heterocycles. The first kappa shape index (κ1) is 6.41. The molecule has 0 heterocycles. The molecule has 0 radical (unpaired) electrons. The Morgan fingerprint density at radius 1 is 1.50 bits per heavy atom. The second-order valence-electron chi connectivity index (χ2n) is 3.17. The quantitative estimate of drug-likeness (QED) is 0.533. The minimum absolute atomic E-state index is 0.211. The molecule has 0 aliphatic heterocycles. The molecule has 0 spiro atoms. The van der Waals surface area contributed by atoms with Crippen LogP contribution in [0.3, 0.4) is 0 Å². The van der Waals surface area contributed by atoms with Gasteiger partial charge in [-0.05, 0) is 43.2 Å². The molecule has 1 unspecified atom stereocenters. The SMILES string of the molecule is O=C(Cl)C1=C2CCC(C2)C1. The van der Waals surface area contributed by atoms with Gasteiger partial charge in [-0.1, -0.05) is 5.57 Å². The summed E-state index contributed by atoms with van der Waals surface area (Å²) in [5.41, 5.74) is 2.27. The summed E-state index contributed by atoms with van der Waals surface area (Å²) in [6.45, 7) is 0. The second kappa shape index (κ2) is 2.09. The molecule has 10 heavy (non-hydrogen) atoms. The summed E-state index contributed by atoms with van der Waals surface area (Å²) in [6, 6.07) is 0. The average Bonchev–Trinajstić information content (AvgIpc) is 2.44. The van der Waals surface area contributed by atoms with Crippen molar-refractivity contribution in [3.05, 3.63) is 11.1 Å². The van der Waals surface area contributed by atoms with Crippen LogP contribution in [0, 0.1) is 5.92 Å². The second-order valence-corrected chi connectivity index (χ2v) is 3.51. The van der Waals surface area contributed by atoms with E-state index in [1.165, 1.54) is 12.0 Å². The highest BCUT2D eigenvalue weighted by Crippen LogP contribution is 2.44. The third kappa shape index (κ3) is 0.807. The molecule has 1 atom stereocenters. The van der Waals surface area contributed by atoms with Gasteiger partial charge in [-0.25, -0.2) is 0 Å². The summed E-state index contributed by atoms with van der Waals surface area (Å²) in [5, 5.41) is -0.211. The van der Waals surface area contributed by atoms with Crippen molar-refractivity contribution >= 4 is 16.8 Å². The molecule has 0 N–H and O–H groups in total. The number of carbonyl (C=O) groups is 1. The zero-order chi connectivity index (χ0) is 7.14. The molecule has 0 aromatic heterocycles. The van der Waals surface area contributed by atoms with Gasteiger partial charge in [-0.15, -0.1) is 0 Å². The molecule has 0 aromatic rings. The van der Waals surface area contributed by atoms with Gasteiger partial charge in [0.25, 0.3) is 0 Å². The van der Waals surface area contributed by atoms with Gasteiger partial charge in [0, 0.05) is 5.57 Å². The Hall–Kier alpha value is -0.300. The topological polar surface area (TPSA) is 17.1 Å². The maximum absolute atomic E-state index is 10.7. The lowest BCUT2D eigenvalue weighted by molar-refractivity contribution is -0.108. The van der Waals surface area contributed by atoms with Crippen molar-refractivity contribution in [1.82, 2.24) is 0 Å². The highest BCUT2D eigenvalue weighted by molar-refractivity contribution is 6.67. The molecule has 2 aliphatic rings. The molecule has 1 fully saturated rings. The molecule has 1 saturated carbocycles. The Morgan fingerprint density at radius 2 is 2.30 bits per heavy atom. The van der Waals surface area contributed by atoms with Crippen molar-refractivity contribution in [1.29, 1.82) is 0 Å². The van der Waals surface area contributed by atoms with Gasteiger partial charge in [-0.3, -0.25) is 4.79 Å². The van der Waals surface area contributed by atoms with Crippen LogP contribution in [0.4, 0.5) is 0 Å². The molecule has 0 aromatic carbocycles. The van der Waals surface area contributed by atoms with Gasteiger partial charge in [0.1, 0.15) is 0 Å². The fourth-order valence-corrected chi connectivity index (χ4v) is 2.24. The lowest BCUT2D eigenvalue weighted by Gasteiger charge is -2.06. The summed E-state index contributed by atoms with van der Waals surface area (Å²) in [6.07, 6.45) is 4.51. The zero-order valence-electron chi connectivity index (χ0n) is 5.69. The van der Waals surface area contributed by atoms with E-state index in [2.05, 4.69) is 0 Å². The zero-order valence-corrected chi connectivity index (χ0v) is 6.45. The molecular weight excluding hydrogens is 148 g/mol. The lowest BCUT2D eigenvalue weighted by Crippen LogP contribution is -1.99. The largest absolute Gasteiger partial charge is 0.276 e. The maximum atomic E-state index is 10.7. The van der Waals surface area contributed by atoms with E-state index in [0.717, 1.165) is 30.8 Å². The van der Waals surface area contributed by atoms with Crippen LogP contribution in [0.1, 0.15) is 25.7 Å². The smallest absolute Gasteiger partial charge is 0.248 e. The minimum Gasteiger partial charge on any atom is -0.276 e. The molecular formula is C8H9ClO. The van der Waals surface area contributed by atoms with E-state index in [0.29, 0.717) is 0 Å². The maximum Gasteiger partial charge on any atom is 0.248 e. The Morgan fingerprint density at radius 3 is 2.60 bits per heavy atom. The van der Waals surface area contributed by atoms with Crippen molar-refractivity contribution in [2.75, 3.05) is 0 Å². The molecule has 2 rings (SSSR count). The van der Waals surface area contributed by atoms with Gasteiger partial charge in [0.05, 0.1) is 0 Å². The first-order valence-corrected chi connectivity index (χ1v) is 4.06. The normalized spacial score (nSPS) is 29.9. The first-order chi connectivity index (χ1) is 4.77. The van der Waals surface area contributed by atoms with E-state index in [1.54, 1.807) is 0 Å². The van der Waals surface area contributed by atoms with E-state index in [4.69, 9.17) is 11.6 Å². The third-order valence-corrected chi connectivity index (χ3v) is 2.77. The van der Waals surface area contributed by atoms with Crippen LogP contribution in [0.2, 0.25) is 0 Å². The van der Waals surface area contributed by atoms with Crippen LogP contribution in [-0.4, -0.2) is 5.24 Å². The lowest BCUT2D eigenvalue weighted by atomic mass is 10.0. The van der Waals surface area contributed by atoms with Gasteiger partial charge >= 0.3 is 0 Å². The van der Waals surface area contributed by atoms with Gasteiger partial charge in [0.2, 0.25) is 5.24 Å². The molecule has 2 bridgehead atoms. The Labute approximate surface area is 65.1 Å². The van der Waals surface area contributed by atoms with Gasteiger partial charge in [-0.2, -0.15) is 0 Å². The van der Waals surface area contributed by atoms with Crippen molar-refractivity contribution in [3.63, 3.8) is 0 Å². The summed E-state index contributed by atoms with van der Waals surface area (Å²) >= 11 is 5.38. The monoisotopic (exact) mass is 156 g/mol. The first-order valence-electron chi connectivity index (χ1n) is 3.68. The van der Waals surface area contributed by atoms with E-state index in [1.807, 2.05) is 0 Å². The van der Waals surface area contributed by atoms with Crippen LogP contribution in [-0.2, 0) is 4.79 Å². The Balaban J connectivity index is 2.30. The number of halogens is 1. The molecule has 0 amide bonds. The van der Waals surface area contributed by atoms with Crippen LogP contribution >= 0.6 is 11.6 Å². The Bertz CT molecular complexity index is 217. The summed E-state index contributed by atoms with van der Waals surface area (Å²) < 4.78 is 0. The van der Waals surface area contributed by atoms with Crippen LogP contribution < -0.4 is 0 Å². The van der Waals surface area contributed by atoms with Crippen LogP contribution in [0.5, 0.6) is 0 Å². The van der Waals surface area contributed by atoms with E-state index < -0.39 is 0 Å². The molecule has 1 nitrogen and oxygen atoms in total. The van der Waals surface area contributed by atoms with Gasteiger partial charge < -0.3 is 0 Å². The van der Waals surface area contributed by atoms with Gasteiger partial charge in [0.15, 0.2) is 0 Å². The van der Waals surface area contributed by atoms with E-state index in [-0.39, 0.29) is 5.24 Å². The average molecular weight is 157 g/mol. The Kier molecular flexibility index (Phi) is 1.34. The number of allylic oxidation sites excluding steroid dienone is 2. The summed E-state index contributed by atoms with van der Waals surface area (Å²) in [7, 11) is 0. The summed E-state index contributed by atoms with van der Waals surface area (Å²) in [5.74, 6) is 0.757. The molecule has 54 valence electrons. The standard InChI is InChI=1S/C8H9ClO/c9-8(10)7-4-5-1-2-6(7)3-5/h5H,1-4H2. The minimum atomic E-state index is -0.211. The number of hydrogen-bond donors (Lipinski definition) is 0. The predicted molar refractivity (Wildman–Crippen MR) is 39.8 cm³/mol. The molecule has 2 aliphatic carbocycles. The van der Waals surface area contributed by atoms with Crippen molar-refractivity contribution < 1.29 is 4.79 Å². The van der Waals surface area contributed by atoms with Crippen LogP contribution in [0.25, 0.3) is 0 Å². The van der Waals surface area contributed by atoms with Crippen molar-refractivity contribution in [3.8, 4) is 0 Å². The number of rotatable bonds is 1. The predicted octanol–water partition coefficient (Wildman–Crippen LogP) is 2.25. The fraction of sp³-hybridized carbons (Fsp3) is 0.625. The number of carbonyl (C=O) groups excluding carboxylic acids is 1. The highest BCUT2D eigenvalue weighted by atomic mass is 35.5. The van der Waals surface area contributed by atoms with Crippen molar-refractivity contribution in [2.45, 2.75) is 25.7 Å². The van der Waals surface area contributed by atoms with Crippen LogP contribution in [0.15, 0.2) is 11.1 Å². The fourth-order valence-electron chi connectivity index (χ4n) is 2.03. The number of hydrogen-bond acceptors (Lipinski definition) is 1. The number of fused-ring (bicyclic) bond motifs is 2. The van der Waals surface area contributed by atoms with E-state index in [9.17, 15) is 4.79 Å². The van der Waals surface area contributed by atoms with E-state index >= 15 is 0 Å². The molecule has 2 heteroatoms. The summed E-state index contributed by atoms with van der Waals surface area (Å²) in [4.78, 5) is 10.7.